The van der Waals surface area contributed by atoms with Gasteiger partial charge in [-0.3, -0.25) is 14.6 Å². The summed E-state index contributed by atoms with van der Waals surface area (Å²) < 4.78 is 0. The van der Waals surface area contributed by atoms with Gasteiger partial charge in [-0.15, -0.1) is 0 Å². The molecule has 0 bridgehead atoms. The quantitative estimate of drug-likeness (QED) is 0.660. The van der Waals surface area contributed by atoms with Crippen molar-refractivity contribution in [2.45, 2.75) is 19.8 Å². The number of carbonyl (C=O) groups excluding carboxylic acids is 2. The molecular weight excluding hydrogens is 374 g/mol. The standard InChI is InChI=1S/C25H25N3O2/c1-18-9-11-22(21-8-5-15-26-24(18)21)27-25(30)20-13-16-28(17-14-20)23(29)12-10-19-6-3-2-4-7-19/h2-12,15,20H,13-14,16-17H2,1H3,(H,27,30). The molecule has 0 aliphatic carbocycles. The predicted molar refractivity (Wildman–Crippen MR) is 120 cm³/mol. The SMILES string of the molecule is Cc1ccc(NC(=O)C2CCN(C(=O)C=Cc3ccccc3)CC2)c2cccnc12. The van der Waals surface area contributed by atoms with Crippen molar-refractivity contribution < 1.29 is 9.59 Å². The van der Waals surface area contributed by atoms with E-state index in [0.29, 0.717) is 25.9 Å². The molecule has 1 fully saturated rings. The van der Waals surface area contributed by atoms with E-state index in [1.165, 1.54) is 0 Å². The number of hydrogen-bond donors (Lipinski definition) is 1. The lowest BCUT2D eigenvalue weighted by atomic mass is 9.95. The maximum Gasteiger partial charge on any atom is 0.246 e. The van der Waals surface area contributed by atoms with Crippen molar-refractivity contribution in [3.63, 3.8) is 0 Å². The van der Waals surface area contributed by atoms with Gasteiger partial charge >= 0.3 is 0 Å². The number of benzene rings is 2. The fourth-order valence-corrected chi connectivity index (χ4v) is 3.86. The highest BCUT2D eigenvalue weighted by atomic mass is 16.2. The number of nitrogens with one attached hydrogen (secondary N) is 1. The van der Waals surface area contributed by atoms with E-state index >= 15 is 0 Å². The minimum absolute atomic E-state index is 0.00619. The number of piperidine rings is 1. The first-order chi connectivity index (χ1) is 14.6. The van der Waals surface area contributed by atoms with Crippen molar-refractivity contribution in [3.8, 4) is 0 Å². The van der Waals surface area contributed by atoms with E-state index in [1.54, 1.807) is 12.3 Å². The van der Waals surface area contributed by atoms with Crippen LogP contribution >= 0.6 is 0 Å². The Labute approximate surface area is 176 Å². The largest absolute Gasteiger partial charge is 0.339 e. The van der Waals surface area contributed by atoms with E-state index < -0.39 is 0 Å². The van der Waals surface area contributed by atoms with E-state index in [9.17, 15) is 9.59 Å². The van der Waals surface area contributed by atoms with Crippen LogP contribution in [0, 0.1) is 12.8 Å². The Morgan fingerprint density at radius 1 is 1.03 bits per heavy atom. The third kappa shape index (κ3) is 4.40. The van der Waals surface area contributed by atoms with Crippen LogP contribution in [0.2, 0.25) is 0 Å². The molecule has 30 heavy (non-hydrogen) atoms. The van der Waals surface area contributed by atoms with Crippen LogP contribution in [0.4, 0.5) is 5.69 Å². The van der Waals surface area contributed by atoms with Gasteiger partial charge in [0, 0.05) is 36.7 Å². The Morgan fingerprint density at radius 2 is 1.80 bits per heavy atom. The fourth-order valence-electron chi connectivity index (χ4n) is 3.86. The number of aryl methyl sites for hydroxylation is 1. The minimum atomic E-state index is -0.0971. The molecule has 0 spiro atoms. The first kappa shape index (κ1) is 19.8. The maximum absolute atomic E-state index is 12.8. The summed E-state index contributed by atoms with van der Waals surface area (Å²) in [5.41, 5.74) is 3.78. The minimum Gasteiger partial charge on any atom is -0.339 e. The molecule has 0 saturated carbocycles. The Hall–Kier alpha value is -3.47. The summed E-state index contributed by atoms with van der Waals surface area (Å²) >= 11 is 0. The molecule has 4 rings (SSSR count). The van der Waals surface area contributed by atoms with E-state index in [2.05, 4.69) is 10.3 Å². The molecule has 1 aliphatic heterocycles. The second-order valence-corrected chi connectivity index (χ2v) is 7.66. The van der Waals surface area contributed by atoms with Gasteiger partial charge < -0.3 is 10.2 Å². The Balaban J connectivity index is 1.35. The number of rotatable bonds is 4. The Kier molecular flexibility index (Phi) is 5.89. The number of hydrogen-bond acceptors (Lipinski definition) is 3. The summed E-state index contributed by atoms with van der Waals surface area (Å²) in [5, 5.41) is 4.02. The smallest absolute Gasteiger partial charge is 0.246 e. The zero-order chi connectivity index (χ0) is 20.9. The molecule has 5 nitrogen and oxygen atoms in total. The van der Waals surface area contributed by atoms with E-state index in [1.807, 2.05) is 72.5 Å². The molecule has 1 aromatic heterocycles. The number of amides is 2. The van der Waals surface area contributed by atoms with Crippen molar-refractivity contribution in [1.29, 1.82) is 0 Å². The average molecular weight is 399 g/mol. The summed E-state index contributed by atoms with van der Waals surface area (Å²) in [6.07, 6.45) is 6.54. The second-order valence-electron chi connectivity index (χ2n) is 7.66. The van der Waals surface area contributed by atoms with Crippen LogP contribution in [0.3, 0.4) is 0 Å². The first-order valence-corrected chi connectivity index (χ1v) is 10.3. The van der Waals surface area contributed by atoms with Gasteiger partial charge in [-0.05, 0) is 55.2 Å². The zero-order valence-corrected chi connectivity index (χ0v) is 17.0. The molecule has 0 radical (unpaired) electrons. The van der Waals surface area contributed by atoms with Crippen LogP contribution in [0.5, 0.6) is 0 Å². The van der Waals surface area contributed by atoms with Crippen LogP contribution in [-0.4, -0.2) is 34.8 Å². The van der Waals surface area contributed by atoms with Crippen molar-refractivity contribution in [1.82, 2.24) is 9.88 Å². The highest BCUT2D eigenvalue weighted by Gasteiger charge is 2.27. The lowest BCUT2D eigenvalue weighted by molar-refractivity contribution is -0.130. The van der Waals surface area contributed by atoms with Gasteiger partial charge in [-0.25, -0.2) is 0 Å². The zero-order valence-electron chi connectivity index (χ0n) is 17.0. The number of nitrogens with zero attached hydrogens (tertiary/aromatic N) is 2. The topological polar surface area (TPSA) is 62.3 Å². The molecule has 0 atom stereocenters. The molecule has 5 heteroatoms. The molecule has 1 aliphatic rings. The van der Waals surface area contributed by atoms with Crippen molar-refractivity contribution in [2.24, 2.45) is 5.92 Å². The van der Waals surface area contributed by atoms with Gasteiger partial charge in [0.1, 0.15) is 0 Å². The van der Waals surface area contributed by atoms with Crippen molar-refractivity contribution >= 4 is 34.5 Å². The van der Waals surface area contributed by atoms with Crippen molar-refractivity contribution in [2.75, 3.05) is 18.4 Å². The van der Waals surface area contributed by atoms with E-state index in [0.717, 1.165) is 27.7 Å². The van der Waals surface area contributed by atoms with Gasteiger partial charge in [-0.2, -0.15) is 0 Å². The summed E-state index contributed by atoms with van der Waals surface area (Å²) in [6.45, 7) is 3.19. The summed E-state index contributed by atoms with van der Waals surface area (Å²) in [4.78, 5) is 31.5. The van der Waals surface area contributed by atoms with Crippen LogP contribution in [-0.2, 0) is 9.59 Å². The van der Waals surface area contributed by atoms with Crippen LogP contribution in [0.1, 0.15) is 24.0 Å². The molecular formula is C25H25N3O2. The molecule has 2 aromatic carbocycles. The van der Waals surface area contributed by atoms with Crippen LogP contribution in [0.15, 0.2) is 66.9 Å². The lowest BCUT2D eigenvalue weighted by Gasteiger charge is -2.30. The van der Waals surface area contributed by atoms with Gasteiger partial charge in [0.05, 0.1) is 11.2 Å². The lowest BCUT2D eigenvalue weighted by Crippen LogP contribution is -2.40. The maximum atomic E-state index is 12.8. The highest BCUT2D eigenvalue weighted by Crippen LogP contribution is 2.26. The third-order valence-electron chi connectivity index (χ3n) is 5.62. The molecule has 1 N–H and O–H groups in total. The first-order valence-electron chi connectivity index (χ1n) is 10.3. The van der Waals surface area contributed by atoms with Crippen LogP contribution in [0.25, 0.3) is 17.0 Å². The van der Waals surface area contributed by atoms with Gasteiger partial charge in [0.2, 0.25) is 11.8 Å². The van der Waals surface area contributed by atoms with Gasteiger partial charge in [0.25, 0.3) is 0 Å². The van der Waals surface area contributed by atoms with Gasteiger partial charge in [-0.1, -0.05) is 36.4 Å². The molecule has 2 amide bonds. The summed E-state index contributed by atoms with van der Waals surface area (Å²) in [5.74, 6) is -0.0931. The number of aromatic nitrogens is 1. The third-order valence-corrected chi connectivity index (χ3v) is 5.62. The van der Waals surface area contributed by atoms with E-state index in [-0.39, 0.29) is 17.7 Å². The predicted octanol–water partition coefficient (Wildman–Crippen LogP) is 4.43. The number of likely N-dealkylation sites (tertiary alicyclic amines) is 1. The van der Waals surface area contributed by atoms with E-state index in [4.69, 9.17) is 0 Å². The number of fused-ring (bicyclic) bond motifs is 1. The number of carbonyl (C=O) groups is 2. The molecule has 1 saturated heterocycles. The number of pyridine rings is 1. The Bertz CT molecular complexity index is 1080. The average Bonchev–Trinajstić information content (AvgIpc) is 2.80. The number of anilines is 1. The Morgan fingerprint density at radius 3 is 2.57 bits per heavy atom. The molecule has 3 aromatic rings. The molecule has 152 valence electrons. The summed E-state index contributed by atoms with van der Waals surface area (Å²) in [6, 6.07) is 17.5. The fraction of sp³-hybridized carbons (Fsp3) is 0.240. The second kappa shape index (κ2) is 8.91. The monoisotopic (exact) mass is 399 g/mol. The van der Waals surface area contributed by atoms with Gasteiger partial charge in [0.15, 0.2) is 0 Å². The highest BCUT2D eigenvalue weighted by molar-refractivity contribution is 6.02. The molecule has 2 heterocycles. The van der Waals surface area contributed by atoms with Crippen molar-refractivity contribution in [3.05, 3.63) is 78.0 Å². The van der Waals surface area contributed by atoms with Crippen LogP contribution < -0.4 is 5.32 Å². The summed E-state index contributed by atoms with van der Waals surface area (Å²) in [7, 11) is 0. The molecule has 0 unspecified atom stereocenters. The normalized spacial score (nSPS) is 14.9.